The van der Waals surface area contributed by atoms with Crippen LogP contribution in [0.5, 0.6) is 0 Å². The number of amidine groups is 1. The van der Waals surface area contributed by atoms with Crippen LogP contribution in [-0.4, -0.2) is 34.5 Å². The van der Waals surface area contributed by atoms with Gasteiger partial charge >= 0.3 is 0 Å². The third kappa shape index (κ3) is 2.36. The molecule has 6 nitrogen and oxygen atoms in total. The Morgan fingerprint density at radius 3 is 3.15 bits per heavy atom. The summed E-state index contributed by atoms with van der Waals surface area (Å²) in [6, 6.07) is 2.76. The molecule has 104 valence electrons. The molecule has 0 aromatic carbocycles. The summed E-state index contributed by atoms with van der Waals surface area (Å²) in [5, 5.41) is 11.5. The molecule has 20 heavy (non-hydrogen) atoms. The quantitative estimate of drug-likeness (QED) is 0.736. The second kappa shape index (κ2) is 5.16. The summed E-state index contributed by atoms with van der Waals surface area (Å²) in [6.45, 7) is 0.575. The normalized spacial score (nSPS) is 24.5. The van der Waals surface area contributed by atoms with Crippen molar-refractivity contribution in [1.29, 1.82) is 0 Å². The fourth-order valence-electron chi connectivity index (χ4n) is 2.26. The number of carboxylic acids is 1. The van der Waals surface area contributed by atoms with E-state index >= 15 is 0 Å². The number of carbonyl (C=O) groups excluding carboxylic acids is 2. The largest absolute Gasteiger partial charge is 0.548 e. The van der Waals surface area contributed by atoms with Gasteiger partial charge in [-0.05, 0) is 36.7 Å². The lowest BCUT2D eigenvalue weighted by molar-refractivity contribution is -0.309. The Morgan fingerprint density at radius 1 is 1.60 bits per heavy atom. The molecule has 0 N–H and O–H groups in total. The zero-order valence-corrected chi connectivity index (χ0v) is 11.3. The Labute approximate surface area is 119 Å². The van der Waals surface area contributed by atoms with Crippen LogP contribution in [0.25, 0.3) is 6.08 Å². The van der Waals surface area contributed by atoms with Crippen molar-refractivity contribution in [3.63, 3.8) is 0 Å². The van der Waals surface area contributed by atoms with E-state index in [2.05, 4.69) is 4.99 Å². The Hall–Kier alpha value is -2.02. The summed E-state index contributed by atoms with van der Waals surface area (Å²) in [5.74, 6) is -0.928. The van der Waals surface area contributed by atoms with Crippen LogP contribution < -0.4 is 5.11 Å². The highest BCUT2D eigenvalue weighted by molar-refractivity contribution is 8.18. The molecule has 1 aromatic heterocycles. The van der Waals surface area contributed by atoms with Crippen LogP contribution in [0.1, 0.15) is 18.6 Å². The first-order chi connectivity index (χ1) is 9.65. The molecule has 3 rings (SSSR count). The van der Waals surface area contributed by atoms with E-state index in [1.807, 2.05) is 0 Å². The van der Waals surface area contributed by atoms with Gasteiger partial charge in [0.05, 0.1) is 23.2 Å². The van der Waals surface area contributed by atoms with Gasteiger partial charge < -0.3 is 19.2 Å². The predicted molar refractivity (Wildman–Crippen MR) is 71.5 cm³/mol. The van der Waals surface area contributed by atoms with Gasteiger partial charge in [0.1, 0.15) is 5.76 Å². The van der Waals surface area contributed by atoms with E-state index in [0.29, 0.717) is 28.8 Å². The minimum absolute atomic E-state index is 0.370. The SMILES string of the molecule is O=C1N=C(N2CCC[C@H]2C(=O)[O-])S/C1=C/c1ccco1. The van der Waals surface area contributed by atoms with Crippen molar-refractivity contribution >= 4 is 34.9 Å². The van der Waals surface area contributed by atoms with Crippen LogP contribution in [0, 0.1) is 0 Å². The number of rotatable bonds is 2. The summed E-state index contributed by atoms with van der Waals surface area (Å²) in [5.41, 5.74) is 0. The van der Waals surface area contributed by atoms with Gasteiger partial charge in [0.15, 0.2) is 5.17 Å². The number of nitrogens with zero attached hydrogens (tertiary/aromatic N) is 2. The van der Waals surface area contributed by atoms with E-state index in [9.17, 15) is 14.7 Å². The van der Waals surface area contributed by atoms with Crippen LogP contribution in [0.2, 0.25) is 0 Å². The maximum atomic E-state index is 11.8. The number of furan rings is 1. The minimum atomic E-state index is -1.12. The van der Waals surface area contributed by atoms with Gasteiger partial charge in [-0.15, -0.1) is 0 Å². The van der Waals surface area contributed by atoms with Gasteiger partial charge in [-0.3, -0.25) is 4.79 Å². The Balaban J connectivity index is 1.79. The number of likely N-dealkylation sites (tertiary alicyclic amines) is 1. The zero-order chi connectivity index (χ0) is 14.1. The van der Waals surface area contributed by atoms with Crippen LogP contribution in [0.15, 0.2) is 32.7 Å². The van der Waals surface area contributed by atoms with Crippen LogP contribution in [0.4, 0.5) is 0 Å². The topological polar surface area (TPSA) is 85.9 Å². The molecule has 1 atom stereocenters. The molecule has 3 heterocycles. The highest BCUT2D eigenvalue weighted by Gasteiger charge is 2.33. The number of hydrogen-bond donors (Lipinski definition) is 0. The Kier molecular flexibility index (Phi) is 3.35. The molecule has 7 heteroatoms. The summed E-state index contributed by atoms with van der Waals surface area (Å²) >= 11 is 1.17. The van der Waals surface area contributed by atoms with Crippen molar-refractivity contribution in [3.05, 3.63) is 29.1 Å². The number of carbonyl (C=O) groups is 2. The molecule has 2 aliphatic heterocycles. The van der Waals surface area contributed by atoms with Crippen molar-refractivity contribution in [2.24, 2.45) is 4.99 Å². The maximum absolute atomic E-state index is 11.8. The van der Waals surface area contributed by atoms with E-state index in [1.54, 1.807) is 23.1 Å². The fraction of sp³-hybridized carbons (Fsp3) is 0.308. The minimum Gasteiger partial charge on any atom is -0.548 e. The highest BCUT2D eigenvalue weighted by Crippen LogP contribution is 2.33. The average Bonchev–Trinajstić information content (AvgIpc) is 3.11. The van der Waals surface area contributed by atoms with Crippen molar-refractivity contribution in [2.75, 3.05) is 6.54 Å². The summed E-state index contributed by atoms with van der Waals surface area (Å²) in [4.78, 5) is 28.9. The molecule has 1 amide bonds. The molecular weight excluding hydrogens is 280 g/mol. The molecule has 0 unspecified atom stereocenters. The van der Waals surface area contributed by atoms with Gasteiger partial charge in [-0.2, -0.15) is 4.99 Å². The monoisotopic (exact) mass is 291 g/mol. The first-order valence-corrected chi connectivity index (χ1v) is 7.00. The average molecular weight is 291 g/mol. The van der Waals surface area contributed by atoms with Crippen molar-refractivity contribution in [3.8, 4) is 0 Å². The van der Waals surface area contributed by atoms with E-state index in [-0.39, 0.29) is 5.91 Å². The van der Waals surface area contributed by atoms with E-state index < -0.39 is 12.0 Å². The predicted octanol–water partition coefficient (Wildman–Crippen LogP) is 0.464. The standard InChI is InChI=1S/C13H12N2O4S/c16-11-10(7-8-3-2-6-19-8)20-13(14-11)15-5-1-4-9(15)12(17)18/h2-3,6-7,9H,1,4-5H2,(H,17,18)/p-1/b10-7+/t9-/m0/s1. The number of carboxylic acid groups (broad SMARTS) is 1. The molecule has 0 radical (unpaired) electrons. The lowest BCUT2D eigenvalue weighted by Crippen LogP contribution is -2.45. The third-order valence-corrected chi connectivity index (χ3v) is 4.22. The van der Waals surface area contributed by atoms with E-state index in [0.717, 1.165) is 6.42 Å². The molecule has 0 bridgehead atoms. The molecule has 1 saturated heterocycles. The van der Waals surface area contributed by atoms with Gasteiger partial charge in [0, 0.05) is 12.6 Å². The van der Waals surface area contributed by atoms with Gasteiger partial charge in [0.2, 0.25) is 0 Å². The fourth-order valence-corrected chi connectivity index (χ4v) is 3.23. The second-order valence-electron chi connectivity index (χ2n) is 4.50. The number of hydrogen-bond acceptors (Lipinski definition) is 6. The Bertz CT molecular complexity index is 606. The van der Waals surface area contributed by atoms with Crippen LogP contribution in [0.3, 0.4) is 0 Å². The molecule has 2 aliphatic rings. The summed E-state index contributed by atoms with van der Waals surface area (Å²) in [6.07, 6.45) is 4.40. The first kappa shape index (κ1) is 13.0. The van der Waals surface area contributed by atoms with E-state index in [4.69, 9.17) is 4.42 Å². The summed E-state index contributed by atoms with van der Waals surface area (Å²) < 4.78 is 5.15. The molecular formula is C13H11N2O4S-. The first-order valence-electron chi connectivity index (χ1n) is 6.19. The number of aliphatic carboxylic acids is 1. The lowest BCUT2D eigenvalue weighted by Gasteiger charge is -2.25. The van der Waals surface area contributed by atoms with Crippen molar-refractivity contribution < 1.29 is 19.1 Å². The molecule has 0 spiro atoms. The second-order valence-corrected chi connectivity index (χ2v) is 5.51. The van der Waals surface area contributed by atoms with Gasteiger partial charge in [-0.1, -0.05) is 0 Å². The van der Waals surface area contributed by atoms with Gasteiger partial charge in [-0.25, -0.2) is 0 Å². The van der Waals surface area contributed by atoms with Crippen molar-refractivity contribution in [2.45, 2.75) is 18.9 Å². The molecule has 1 aromatic rings. The van der Waals surface area contributed by atoms with Gasteiger partial charge in [0.25, 0.3) is 5.91 Å². The zero-order valence-electron chi connectivity index (χ0n) is 10.4. The highest BCUT2D eigenvalue weighted by atomic mass is 32.2. The molecule has 0 saturated carbocycles. The van der Waals surface area contributed by atoms with Crippen molar-refractivity contribution in [1.82, 2.24) is 4.90 Å². The van der Waals surface area contributed by atoms with Crippen LogP contribution in [-0.2, 0) is 9.59 Å². The smallest absolute Gasteiger partial charge is 0.286 e. The lowest BCUT2D eigenvalue weighted by atomic mass is 10.2. The van der Waals surface area contributed by atoms with Crippen LogP contribution >= 0.6 is 11.8 Å². The maximum Gasteiger partial charge on any atom is 0.286 e. The molecule has 0 aliphatic carbocycles. The number of thioether (sulfide) groups is 1. The summed E-state index contributed by atoms with van der Waals surface area (Å²) in [7, 11) is 0. The Morgan fingerprint density at radius 2 is 2.45 bits per heavy atom. The van der Waals surface area contributed by atoms with E-state index in [1.165, 1.54) is 18.0 Å². The molecule has 1 fully saturated rings. The number of amides is 1. The third-order valence-electron chi connectivity index (χ3n) is 3.20. The number of aliphatic imine (C=N–C) groups is 1.